The molecule has 2 aromatic carbocycles. The van der Waals surface area contributed by atoms with Crippen molar-refractivity contribution in [2.75, 3.05) is 11.9 Å². The highest BCUT2D eigenvalue weighted by Crippen LogP contribution is 2.50. The van der Waals surface area contributed by atoms with Gasteiger partial charge in [-0.05, 0) is 25.0 Å². The van der Waals surface area contributed by atoms with E-state index in [1.54, 1.807) is 6.92 Å². The van der Waals surface area contributed by atoms with Gasteiger partial charge in [-0.15, -0.1) is 0 Å². The monoisotopic (exact) mass is 336 g/mol. The van der Waals surface area contributed by atoms with E-state index in [2.05, 4.69) is 10.6 Å². The van der Waals surface area contributed by atoms with Crippen molar-refractivity contribution in [1.82, 2.24) is 5.32 Å². The molecule has 0 aliphatic carbocycles. The zero-order valence-electron chi connectivity index (χ0n) is 14.0. The molecule has 0 unspecified atom stereocenters. The number of fused-ring (bicyclic) bond motifs is 2. The lowest BCUT2D eigenvalue weighted by Gasteiger charge is -2.28. The van der Waals surface area contributed by atoms with Gasteiger partial charge in [0.2, 0.25) is 5.91 Å². The van der Waals surface area contributed by atoms with E-state index in [4.69, 9.17) is 4.74 Å². The van der Waals surface area contributed by atoms with Gasteiger partial charge in [0.1, 0.15) is 5.54 Å². The van der Waals surface area contributed by atoms with Crippen LogP contribution in [0.3, 0.4) is 0 Å². The van der Waals surface area contributed by atoms with Gasteiger partial charge in [-0.1, -0.05) is 48.5 Å². The van der Waals surface area contributed by atoms with Gasteiger partial charge in [-0.3, -0.25) is 14.9 Å². The number of carbonyl (C=O) groups is 2. The van der Waals surface area contributed by atoms with Crippen LogP contribution in [0.25, 0.3) is 0 Å². The maximum absolute atomic E-state index is 13.0. The Morgan fingerprint density at radius 1 is 1.16 bits per heavy atom. The van der Waals surface area contributed by atoms with Gasteiger partial charge < -0.3 is 10.1 Å². The molecular formula is C20H20N2O3. The molecule has 1 amide bonds. The van der Waals surface area contributed by atoms with E-state index in [9.17, 15) is 9.59 Å². The Hall–Kier alpha value is -2.66. The van der Waals surface area contributed by atoms with Crippen molar-refractivity contribution >= 4 is 17.6 Å². The number of amides is 1. The fraction of sp³-hybridized carbons (Fsp3) is 0.300. The van der Waals surface area contributed by atoms with Gasteiger partial charge in [-0.2, -0.15) is 0 Å². The van der Waals surface area contributed by atoms with E-state index in [1.165, 1.54) is 0 Å². The SMILES string of the molecule is CCOC(=O)[C@H]1C[C@@H](c2ccccc2)N[C@]12C(=O)Nc1ccccc12. The Bertz CT molecular complexity index is 821. The summed E-state index contributed by atoms with van der Waals surface area (Å²) < 4.78 is 5.30. The van der Waals surface area contributed by atoms with Gasteiger partial charge >= 0.3 is 5.97 Å². The van der Waals surface area contributed by atoms with Crippen molar-refractivity contribution in [1.29, 1.82) is 0 Å². The standard InChI is InChI=1S/C20H20N2O3/c1-2-25-18(23)15-12-17(13-8-4-3-5-9-13)22-20(15)14-10-6-7-11-16(14)21-19(20)24/h3-11,15,17,22H,2,12H2,1H3,(H,21,24)/t15-,17+,20+/m1/s1. The molecule has 2 aliphatic heterocycles. The summed E-state index contributed by atoms with van der Waals surface area (Å²) in [5.41, 5.74) is 1.55. The van der Waals surface area contributed by atoms with Crippen molar-refractivity contribution in [2.24, 2.45) is 5.92 Å². The minimum absolute atomic E-state index is 0.0903. The fourth-order valence-corrected chi connectivity index (χ4v) is 4.04. The molecule has 0 bridgehead atoms. The molecule has 3 atom stereocenters. The maximum atomic E-state index is 13.0. The minimum atomic E-state index is -1.08. The maximum Gasteiger partial charge on any atom is 0.311 e. The Labute approximate surface area is 146 Å². The first-order valence-corrected chi connectivity index (χ1v) is 8.57. The van der Waals surface area contributed by atoms with Crippen LogP contribution < -0.4 is 10.6 Å². The number of anilines is 1. The third-order valence-electron chi connectivity index (χ3n) is 5.13. The highest BCUT2D eigenvalue weighted by Gasteiger charge is 2.60. The third-order valence-corrected chi connectivity index (χ3v) is 5.13. The quantitative estimate of drug-likeness (QED) is 0.846. The molecule has 1 spiro atoms. The number of hydrogen-bond acceptors (Lipinski definition) is 4. The van der Waals surface area contributed by atoms with Crippen LogP contribution in [0.15, 0.2) is 54.6 Å². The van der Waals surface area contributed by atoms with E-state index >= 15 is 0 Å². The Kier molecular flexibility index (Phi) is 3.81. The molecule has 2 heterocycles. The summed E-state index contributed by atoms with van der Waals surface area (Å²) in [4.78, 5) is 25.7. The summed E-state index contributed by atoms with van der Waals surface area (Å²) in [7, 11) is 0. The molecule has 4 rings (SSSR count). The number of esters is 1. The van der Waals surface area contributed by atoms with Crippen molar-refractivity contribution < 1.29 is 14.3 Å². The summed E-state index contributed by atoms with van der Waals surface area (Å²) in [6.45, 7) is 2.08. The van der Waals surface area contributed by atoms with E-state index < -0.39 is 11.5 Å². The fourth-order valence-electron chi connectivity index (χ4n) is 4.04. The van der Waals surface area contributed by atoms with Crippen molar-refractivity contribution in [2.45, 2.75) is 24.9 Å². The van der Waals surface area contributed by atoms with Crippen LogP contribution in [-0.2, 0) is 19.9 Å². The number of benzene rings is 2. The molecule has 5 heteroatoms. The average Bonchev–Trinajstić information content (AvgIpc) is 3.17. The summed E-state index contributed by atoms with van der Waals surface area (Å²) in [5.74, 6) is -1.09. The van der Waals surface area contributed by atoms with Gasteiger partial charge in [0.15, 0.2) is 0 Å². The second-order valence-electron chi connectivity index (χ2n) is 6.46. The number of nitrogens with one attached hydrogen (secondary N) is 2. The van der Waals surface area contributed by atoms with Gasteiger partial charge in [0, 0.05) is 17.3 Å². The van der Waals surface area contributed by atoms with Crippen LogP contribution in [0.5, 0.6) is 0 Å². The highest BCUT2D eigenvalue weighted by atomic mass is 16.5. The molecule has 2 N–H and O–H groups in total. The lowest BCUT2D eigenvalue weighted by molar-refractivity contribution is -0.152. The minimum Gasteiger partial charge on any atom is -0.466 e. The molecule has 0 aromatic heterocycles. The number of para-hydroxylation sites is 1. The molecule has 5 nitrogen and oxygen atoms in total. The molecule has 0 saturated carbocycles. The van der Waals surface area contributed by atoms with Gasteiger partial charge in [0.25, 0.3) is 0 Å². The predicted octanol–water partition coefficient (Wildman–Crippen LogP) is 2.75. The molecule has 25 heavy (non-hydrogen) atoms. The molecule has 2 aromatic rings. The smallest absolute Gasteiger partial charge is 0.311 e. The number of rotatable bonds is 3. The van der Waals surface area contributed by atoms with E-state index in [0.717, 1.165) is 16.8 Å². The summed E-state index contributed by atoms with van der Waals surface area (Å²) in [5, 5.41) is 6.39. The summed E-state index contributed by atoms with van der Waals surface area (Å²) in [6.07, 6.45) is 0.518. The number of carbonyl (C=O) groups excluding carboxylic acids is 2. The molecule has 2 aliphatic rings. The van der Waals surface area contributed by atoms with Crippen molar-refractivity contribution in [3.8, 4) is 0 Å². The van der Waals surface area contributed by atoms with Gasteiger partial charge in [0.05, 0.1) is 12.5 Å². The Morgan fingerprint density at radius 2 is 1.88 bits per heavy atom. The Morgan fingerprint density at radius 3 is 2.64 bits per heavy atom. The van der Waals surface area contributed by atoms with Crippen molar-refractivity contribution in [3.05, 3.63) is 65.7 Å². The van der Waals surface area contributed by atoms with Gasteiger partial charge in [-0.25, -0.2) is 0 Å². The first kappa shape index (κ1) is 15.8. The molecular weight excluding hydrogens is 316 g/mol. The van der Waals surface area contributed by atoms with Crippen molar-refractivity contribution in [3.63, 3.8) is 0 Å². The lowest BCUT2D eigenvalue weighted by Crippen LogP contribution is -2.50. The second-order valence-corrected chi connectivity index (χ2v) is 6.46. The van der Waals surface area contributed by atoms with Crippen LogP contribution in [0.2, 0.25) is 0 Å². The predicted molar refractivity (Wildman–Crippen MR) is 93.8 cm³/mol. The zero-order chi connectivity index (χ0) is 17.4. The zero-order valence-corrected chi connectivity index (χ0v) is 14.0. The van der Waals surface area contributed by atoms with E-state index in [-0.39, 0.29) is 17.9 Å². The topological polar surface area (TPSA) is 67.4 Å². The summed E-state index contributed by atoms with van der Waals surface area (Å²) in [6, 6.07) is 17.3. The molecule has 0 radical (unpaired) electrons. The second kappa shape index (κ2) is 6.01. The number of ether oxygens (including phenoxy) is 1. The van der Waals surface area contributed by atoms with Crippen LogP contribution in [0.1, 0.15) is 30.5 Å². The van der Waals surface area contributed by atoms with Crippen LogP contribution in [-0.4, -0.2) is 18.5 Å². The highest BCUT2D eigenvalue weighted by molar-refractivity contribution is 6.08. The molecule has 128 valence electrons. The van der Waals surface area contributed by atoms with Crippen LogP contribution in [0, 0.1) is 5.92 Å². The average molecular weight is 336 g/mol. The van der Waals surface area contributed by atoms with E-state index in [0.29, 0.717) is 13.0 Å². The lowest BCUT2D eigenvalue weighted by atomic mass is 9.80. The normalized spacial score (nSPS) is 27.2. The third kappa shape index (κ3) is 2.35. The molecule has 1 fully saturated rings. The summed E-state index contributed by atoms with van der Waals surface area (Å²) >= 11 is 0. The van der Waals surface area contributed by atoms with Crippen LogP contribution in [0.4, 0.5) is 5.69 Å². The Balaban J connectivity index is 1.81. The van der Waals surface area contributed by atoms with Crippen LogP contribution >= 0.6 is 0 Å². The first-order valence-electron chi connectivity index (χ1n) is 8.57. The largest absolute Gasteiger partial charge is 0.466 e. The molecule has 1 saturated heterocycles. The number of hydrogen-bond donors (Lipinski definition) is 2. The first-order chi connectivity index (χ1) is 12.2. The van der Waals surface area contributed by atoms with E-state index in [1.807, 2.05) is 54.6 Å².